The Balaban J connectivity index is 2.09. The van der Waals surface area contributed by atoms with E-state index in [1.165, 1.54) is 0 Å². The first-order valence-corrected chi connectivity index (χ1v) is 6.00. The molecule has 3 rings (SSSR count). The number of carbonyl (C=O) groups excluding carboxylic acids is 1. The molecule has 5 heteroatoms. The van der Waals surface area contributed by atoms with Gasteiger partial charge >= 0.3 is 0 Å². The molecule has 0 radical (unpaired) electrons. The van der Waals surface area contributed by atoms with Crippen LogP contribution >= 0.6 is 0 Å². The number of nitrogens with one attached hydrogen (secondary N) is 2. The van der Waals surface area contributed by atoms with Crippen molar-refractivity contribution >= 4 is 27.7 Å². The lowest BCUT2D eigenvalue weighted by Crippen LogP contribution is -2.26. The highest BCUT2D eigenvalue weighted by molar-refractivity contribution is 6.09. The van der Waals surface area contributed by atoms with Crippen LogP contribution in [0.2, 0.25) is 0 Å². The highest BCUT2D eigenvalue weighted by Crippen LogP contribution is 2.24. The highest BCUT2D eigenvalue weighted by atomic mass is 18.2. The van der Waals surface area contributed by atoms with Crippen LogP contribution in [0.4, 0.5) is 4.39 Å². The van der Waals surface area contributed by atoms with E-state index in [2.05, 4.69) is 15.3 Å². The minimum Gasteiger partial charge on any atom is -0.353 e. The molecule has 0 spiro atoms. The van der Waals surface area contributed by atoms with Gasteiger partial charge in [-0.2, -0.15) is 0 Å². The van der Waals surface area contributed by atoms with Crippen LogP contribution in [0, 0.1) is 0 Å². The van der Waals surface area contributed by atoms with Gasteiger partial charge in [-0.1, -0.05) is 18.2 Å². The minimum atomic E-state index is -0.582. The maximum atomic E-state index is 12.0. The van der Waals surface area contributed by atoms with Gasteiger partial charge in [0.25, 0.3) is 5.91 Å². The lowest BCUT2D eigenvalue weighted by atomic mass is 10.1. The van der Waals surface area contributed by atoms with E-state index in [1.807, 2.05) is 24.3 Å². The Morgan fingerprint density at radius 3 is 2.95 bits per heavy atom. The molecule has 0 atom stereocenters. The minimum absolute atomic E-state index is 0.00638. The second kappa shape index (κ2) is 4.68. The summed E-state index contributed by atoms with van der Waals surface area (Å²) in [5.41, 5.74) is 2.18. The molecular formula is C14H12FN3O. The van der Waals surface area contributed by atoms with E-state index >= 15 is 0 Å². The second-order valence-corrected chi connectivity index (χ2v) is 4.23. The number of halogens is 1. The predicted molar refractivity (Wildman–Crippen MR) is 71.9 cm³/mol. The fourth-order valence-corrected chi connectivity index (χ4v) is 2.13. The third kappa shape index (κ3) is 2.03. The normalized spacial score (nSPS) is 11.0. The van der Waals surface area contributed by atoms with Gasteiger partial charge in [0.1, 0.15) is 12.4 Å². The Bertz CT molecular complexity index is 751. The monoisotopic (exact) mass is 256 g/mol. The van der Waals surface area contributed by atoms with Crippen molar-refractivity contribution in [2.75, 3.05) is 13.2 Å². The summed E-state index contributed by atoms with van der Waals surface area (Å²) >= 11 is 0. The summed E-state index contributed by atoms with van der Waals surface area (Å²) in [6.07, 6.45) is 1.62. The largest absolute Gasteiger partial charge is 0.353 e. The van der Waals surface area contributed by atoms with Crippen molar-refractivity contribution in [3.63, 3.8) is 0 Å². The van der Waals surface area contributed by atoms with Gasteiger partial charge in [0.2, 0.25) is 0 Å². The molecule has 0 aliphatic rings. The fraction of sp³-hybridized carbons (Fsp3) is 0.143. The van der Waals surface area contributed by atoms with Crippen LogP contribution < -0.4 is 5.32 Å². The number of benzene rings is 1. The van der Waals surface area contributed by atoms with Gasteiger partial charge in [0.15, 0.2) is 0 Å². The van der Waals surface area contributed by atoms with Crippen LogP contribution in [0.25, 0.3) is 21.8 Å². The van der Waals surface area contributed by atoms with Crippen LogP contribution in [0.3, 0.4) is 0 Å². The maximum Gasteiger partial charge on any atom is 0.269 e. The van der Waals surface area contributed by atoms with Crippen LogP contribution in [0.15, 0.2) is 36.5 Å². The van der Waals surface area contributed by atoms with Crippen LogP contribution in [-0.4, -0.2) is 29.1 Å². The molecule has 0 saturated heterocycles. The van der Waals surface area contributed by atoms with Gasteiger partial charge in [-0.15, -0.1) is 0 Å². The molecule has 0 aliphatic carbocycles. The molecule has 2 aromatic heterocycles. The summed E-state index contributed by atoms with van der Waals surface area (Å²) in [7, 11) is 0. The number of pyridine rings is 1. The van der Waals surface area contributed by atoms with Crippen molar-refractivity contribution in [1.29, 1.82) is 0 Å². The van der Waals surface area contributed by atoms with Crippen LogP contribution in [0.5, 0.6) is 0 Å². The number of rotatable bonds is 3. The van der Waals surface area contributed by atoms with Gasteiger partial charge in [0.05, 0.1) is 11.7 Å². The molecule has 19 heavy (non-hydrogen) atoms. The number of hydrogen-bond donors (Lipinski definition) is 2. The molecular weight excluding hydrogens is 244 g/mol. The van der Waals surface area contributed by atoms with Gasteiger partial charge in [-0.05, 0) is 12.1 Å². The molecule has 2 N–H and O–H groups in total. The van der Waals surface area contributed by atoms with Gasteiger partial charge < -0.3 is 10.3 Å². The molecule has 4 nitrogen and oxygen atoms in total. The van der Waals surface area contributed by atoms with E-state index in [-0.39, 0.29) is 12.5 Å². The number of H-pyrrole nitrogens is 1. The Morgan fingerprint density at radius 1 is 1.26 bits per heavy atom. The van der Waals surface area contributed by atoms with Gasteiger partial charge in [-0.3, -0.25) is 4.79 Å². The third-order valence-corrected chi connectivity index (χ3v) is 3.00. The molecule has 0 fully saturated rings. The first kappa shape index (κ1) is 11.6. The SMILES string of the molecule is O=C(NCC[18F])c1cc2c(cn1)[nH]c1ccccc12. The maximum absolute atomic E-state index is 12.0. The van der Waals surface area contributed by atoms with E-state index in [9.17, 15) is 9.18 Å². The molecule has 2 heterocycles. The Kier molecular flexibility index (Phi) is 2.87. The van der Waals surface area contributed by atoms with Crippen molar-refractivity contribution in [2.24, 2.45) is 0 Å². The Hall–Kier alpha value is -2.43. The van der Waals surface area contributed by atoms with E-state index in [0.717, 1.165) is 21.8 Å². The van der Waals surface area contributed by atoms with Crippen molar-refractivity contribution in [3.05, 3.63) is 42.2 Å². The van der Waals surface area contributed by atoms with Crippen LogP contribution in [-0.2, 0) is 0 Å². The zero-order chi connectivity index (χ0) is 13.2. The predicted octanol–water partition coefficient (Wildman–Crippen LogP) is 2.42. The van der Waals surface area contributed by atoms with Gasteiger partial charge in [-0.25, -0.2) is 9.37 Å². The summed E-state index contributed by atoms with van der Waals surface area (Å²) in [5, 5.41) is 4.45. The van der Waals surface area contributed by atoms with Crippen molar-refractivity contribution in [1.82, 2.24) is 15.3 Å². The summed E-state index contributed by atoms with van der Waals surface area (Å²) in [6, 6.07) is 9.57. The lowest BCUT2D eigenvalue weighted by Gasteiger charge is -2.01. The smallest absolute Gasteiger partial charge is 0.269 e. The molecule has 3 aromatic rings. The zero-order valence-corrected chi connectivity index (χ0v) is 10.1. The summed E-state index contributed by atoms with van der Waals surface area (Å²) in [6.45, 7) is -0.576. The molecule has 0 bridgehead atoms. The number of hydrogen-bond acceptors (Lipinski definition) is 2. The number of carbonyl (C=O) groups is 1. The standard InChI is InChI=1S/C14H12FN3O/c15-5-6-16-14(19)12-7-10-9-3-1-2-4-11(9)18-13(10)8-17-12/h1-4,7-8,18H,5-6H2,(H,16,19)/i15-1. The van der Waals surface area contributed by atoms with E-state index < -0.39 is 6.67 Å². The molecule has 0 saturated carbocycles. The highest BCUT2D eigenvalue weighted by Gasteiger charge is 2.10. The molecule has 1 aromatic carbocycles. The average molecular weight is 256 g/mol. The Morgan fingerprint density at radius 2 is 2.11 bits per heavy atom. The van der Waals surface area contributed by atoms with Crippen molar-refractivity contribution in [3.8, 4) is 0 Å². The summed E-state index contributed by atoms with van der Waals surface area (Å²) in [5.74, 6) is -0.357. The number of para-hydroxylation sites is 1. The molecule has 0 unspecified atom stereocenters. The van der Waals surface area contributed by atoms with Crippen molar-refractivity contribution in [2.45, 2.75) is 0 Å². The summed E-state index contributed by atoms with van der Waals surface area (Å²) in [4.78, 5) is 19.1. The third-order valence-electron chi connectivity index (χ3n) is 3.00. The number of nitrogens with zero attached hydrogens (tertiary/aromatic N) is 1. The summed E-state index contributed by atoms with van der Waals surface area (Å²) < 4.78 is 12.0. The molecule has 0 aliphatic heterocycles. The quantitative estimate of drug-likeness (QED) is 0.756. The lowest BCUT2D eigenvalue weighted by molar-refractivity contribution is 0.0946. The molecule has 1 amide bonds. The number of amides is 1. The fourth-order valence-electron chi connectivity index (χ4n) is 2.13. The zero-order valence-electron chi connectivity index (χ0n) is 10.1. The average Bonchev–Trinajstić information content (AvgIpc) is 2.82. The number of fused-ring (bicyclic) bond motifs is 3. The van der Waals surface area contributed by atoms with Crippen molar-refractivity contribution < 1.29 is 9.18 Å². The van der Waals surface area contributed by atoms with Gasteiger partial charge in [0, 0.05) is 22.8 Å². The van der Waals surface area contributed by atoms with E-state index in [1.54, 1.807) is 12.3 Å². The molecule has 96 valence electrons. The second-order valence-electron chi connectivity index (χ2n) is 4.23. The van der Waals surface area contributed by atoms with E-state index in [0.29, 0.717) is 5.69 Å². The Labute approximate surface area is 108 Å². The topological polar surface area (TPSA) is 57.8 Å². The first-order valence-electron chi connectivity index (χ1n) is 6.00. The van der Waals surface area contributed by atoms with Crippen LogP contribution in [0.1, 0.15) is 10.5 Å². The number of aromatic nitrogens is 2. The van der Waals surface area contributed by atoms with E-state index in [4.69, 9.17) is 0 Å². The first-order chi connectivity index (χ1) is 9.29. The number of alkyl halides is 1. The number of aromatic amines is 1.